The van der Waals surface area contributed by atoms with Crippen LogP contribution < -0.4 is 5.73 Å². The molecule has 126 valence electrons. The number of nitrogens with zero attached hydrogens (tertiary/aromatic N) is 2. The average Bonchev–Trinajstić information content (AvgIpc) is 3.01. The Balaban J connectivity index is 1.56. The maximum Gasteiger partial charge on any atom is 0.234 e. The van der Waals surface area contributed by atoms with Gasteiger partial charge in [0.25, 0.3) is 0 Å². The van der Waals surface area contributed by atoms with Crippen LogP contribution in [0.15, 0.2) is 18.2 Å². The van der Waals surface area contributed by atoms with Gasteiger partial charge < -0.3 is 5.73 Å². The number of benzene rings is 1. The lowest BCUT2D eigenvalue weighted by molar-refractivity contribution is -0.123. The van der Waals surface area contributed by atoms with Crippen LogP contribution >= 0.6 is 11.6 Å². The molecule has 0 saturated carbocycles. The molecule has 1 aromatic rings. The van der Waals surface area contributed by atoms with Crippen LogP contribution in [0, 0.1) is 5.82 Å². The molecule has 2 fully saturated rings. The SMILES string of the molecule is NC(=O)[C@H]1CCCN1C1CCN(Cc2cc(F)ccc2Cl)CC1. The van der Waals surface area contributed by atoms with Crippen molar-refractivity contribution in [3.05, 3.63) is 34.6 Å². The number of amides is 1. The van der Waals surface area contributed by atoms with Crippen molar-refractivity contribution in [2.75, 3.05) is 19.6 Å². The molecule has 0 bridgehead atoms. The number of carbonyl (C=O) groups excluding carboxylic acids is 1. The lowest BCUT2D eigenvalue weighted by atomic mass is 10.0. The Kier molecular flexibility index (Phi) is 5.19. The predicted octanol–water partition coefficient (Wildman–Crippen LogP) is 2.39. The molecule has 2 saturated heterocycles. The summed E-state index contributed by atoms with van der Waals surface area (Å²) in [6.07, 6.45) is 3.95. The predicted molar refractivity (Wildman–Crippen MR) is 88.6 cm³/mol. The molecule has 23 heavy (non-hydrogen) atoms. The zero-order chi connectivity index (χ0) is 16.4. The maximum absolute atomic E-state index is 13.4. The summed E-state index contributed by atoms with van der Waals surface area (Å²) < 4.78 is 13.4. The number of hydrogen-bond donors (Lipinski definition) is 1. The molecule has 2 heterocycles. The molecule has 1 amide bonds. The van der Waals surface area contributed by atoms with Crippen LogP contribution in [-0.4, -0.2) is 47.4 Å². The second-order valence-electron chi connectivity index (χ2n) is 6.54. The molecule has 0 aliphatic carbocycles. The molecule has 0 unspecified atom stereocenters. The van der Waals surface area contributed by atoms with Crippen LogP contribution in [0.4, 0.5) is 4.39 Å². The summed E-state index contributed by atoms with van der Waals surface area (Å²) in [6.45, 7) is 3.50. The van der Waals surface area contributed by atoms with Gasteiger partial charge in [0.05, 0.1) is 6.04 Å². The molecule has 4 nitrogen and oxygen atoms in total. The largest absolute Gasteiger partial charge is 0.368 e. The molecule has 3 rings (SSSR count). The summed E-state index contributed by atoms with van der Waals surface area (Å²) in [5, 5.41) is 0.613. The fourth-order valence-corrected chi connectivity index (χ4v) is 4.02. The van der Waals surface area contributed by atoms with Gasteiger partial charge in [-0.3, -0.25) is 14.6 Å². The van der Waals surface area contributed by atoms with Gasteiger partial charge in [-0.25, -0.2) is 4.39 Å². The molecule has 0 aromatic heterocycles. The van der Waals surface area contributed by atoms with Crippen molar-refractivity contribution >= 4 is 17.5 Å². The Morgan fingerprint density at radius 2 is 2.00 bits per heavy atom. The summed E-state index contributed by atoms with van der Waals surface area (Å²) >= 11 is 6.15. The average molecular weight is 340 g/mol. The maximum atomic E-state index is 13.4. The monoisotopic (exact) mass is 339 g/mol. The number of nitrogens with two attached hydrogens (primary N) is 1. The van der Waals surface area contributed by atoms with Crippen LogP contribution in [-0.2, 0) is 11.3 Å². The lowest BCUT2D eigenvalue weighted by Gasteiger charge is -2.38. The van der Waals surface area contributed by atoms with Gasteiger partial charge in [0.1, 0.15) is 5.82 Å². The zero-order valence-electron chi connectivity index (χ0n) is 13.2. The molecule has 2 aliphatic rings. The van der Waals surface area contributed by atoms with E-state index in [1.54, 1.807) is 6.07 Å². The van der Waals surface area contributed by atoms with E-state index in [0.29, 0.717) is 17.6 Å². The van der Waals surface area contributed by atoms with Gasteiger partial charge >= 0.3 is 0 Å². The Morgan fingerprint density at radius 1 is 1.26 bits per heavy atom. The van der Waals surface area contributed by atoms with Crippen LogP contribution in [0.5, 0.6) is 0 Å². The summed E-state index contributed by atoms with van der Waals surface area (Å²) in [5.74, 6) is -0.447. The fourth-order valence-electron chi connectivity index (χ4n) is 3.85. The highest BCUT2D eigenvalue weighted by molar-refractivity contribution is 6.31. The molecular formula is C17H23ClFN3O. The standard InChI is InChI=1S/C17H23ClFN3O/c18-15-4-3-13(19)10-12(15)11-21-8-5-14(6-9-21)22-7-1-2-16(22)17(20)23/h3-4,10,14,16H,1-2,5-9,11H2,(H2,20,23)/t16-/m1/s1. The molecule has 1 aromatic carbocycles. The summed E-state index contributed by atoms with van der Waals surface area (Å²) in [6, 6.07) is 4.84. The number of halogens is 2. The number of piperidine rings is 1. The third-order valence-electron chi connectivity index (χ3n) is 5.05. The van der Waals surface area contributed by atoms with Gasteiger partial charge in [-0.15, -0.1) is 0 Å². The van der Waals surface area contributed by atoms with Gasteiger partial charge in [-0.05, 0) is 69.1 Å². The van der Waals surface area contributed by atoms with Gasteiger partial charge in [-0.2, -0.15) is 0 Å². The minimum atomic E-state index is -0.249. The smallest absolute Gasteiger partial charge is 0.234 e. The molecule has 1 atom stereocenters. The first kappa shape index (κ1) is 16.7. The van der Waals surface area contributed by atoms with Crippen LogP contribution in [0.1, 0.15) is 31.2 Å². The molecule has 0 radical (unpaired) electrons. The minimum absolute atomic E-state index is 0.0933. The topological polar surface area (TPSA) is 49.6 Å². The summed E-state index contributed by atoms with van der Waals surface area (Å²) in [7, 11) is 0. The first-order chi connectivity index (χ1) is 11.0. The third-order valence-corrected chi connectivity index (χ3v) is 5.42. The Morgan fingerprint density at radius 3 is 2.70 bits per heavy atom. The number of carbonyl (C=O) groups is 1. The first-order valence-corrected chi connectivity index (χ1v) is 8.64. The quantitative estimate of drug-likeness (QED) is 0.916. The molecule has 2 aliphatic heterocycles. The van der Waals surface area contributed by atoms with Crippen molar-refractivity contribution in [1.29, 1.82) is 0 Å². The van der Waals surface area contributed by atoms with E-state index in [1.807, 2.05) is 0 Å². The van der Waals surface area contributed by atoms with Gasteiger partial charge in [0.15, 0.2) is 0 Å². The van der Waals surface area contributed by atoms with Crippen LogP contribution in [0.3, 0.4) is 0 Å². The van der Waals surface area contributed by atoms with Crippen molar-refractivity contribution in [3.63, 3.8) is 0 Å². The van der Waals surface area contributed by atoms with Crippen molar-refractivity contribution in [1.82, 2.24) is 9.80 Å². The van der Waals surface area contributed by atoms with Crippen molar-refractivity contribution in [2.24, 2.45) is 5.73 Å². The van der Waals surface area contributed by atoms with Gasteiger partial charge in [0, 0.05) is 17.6 Å². The molecule has 2 N–H and O–H groups in total. The fraction of sp³-hybridized carbons (Fsp3) is 0.588. The first-order valence-electron chi connectivity index (χ1n) is 8.26. The second kappa shape index (κ2) is 7.16. The van der Waals surface area contributed by atoms with Gasteiger partial charge in [-0.1, -0.05) is 11.6 Å². The van der Waals surface area contributed by atoms with E-state index in [2.05, 4.69) is 9.80 Å². The third kappa shape index (κ3) is 3.84. The van der Waals surface area contributed by atoms with E-state index in [-0.39, 0.29) is 17.8 Å². The number of primary amides is 1. The van der Waals surface area contributed by atoms with Crippen molar-refractivity contribution in [3.8, 4) is 0 Å². The Labute approximate surface area is 141 Å². The number of rotatable bonds is 4. The number of hydrogen-bond acceptors (Lipinski definition) is 3. The molecule has 6 heteroatoms. The highest BCUT2D eigenvalue weighted by Gasteiger charge is 2.35. The van der Waals surface area contributed by atoms with Crippen LogP contribution in [0.25, 0.3) is 0 Å². The number of likely N-dealkylation sites (tertiary alicyclic amines) is 2. The van der Waals surface area contributed by atoms with E-state index in [9.17, 15) is 9.18 Å². The van der Waals surface area contributed by atoms with Crippen molar-refractivity contribution in [2.45, 2.75) is 44.3 Å². The Bertz CT molecular complexity index is 575. The highest BCUT2D eigenvalue weighted by Crippen LogP contribution is 2.27. The lowest BCUT2D eigenvalue weighted by Crippen LogP contribution is -2.50. The van der Waals surface area contributed by atoms with E-state index in [4.69, 9.17) is 17.3 Å². The normalized spacial score (nSPS) is 24.2. The highest BCUT2D eigenvalue weighted by atomic mass is 35.5. The van der Waals surface area contributed by atoms with E-state index in [0.717, 1.165) is 50.9 Å². The van der Waals surface area contributed by atoms with E-state index >= 15 is 0 Å². The molecule has 0 spiro atoms. The van der Waals surface area contributed by atoms with E-state index in [1.165, 1.54) is 12.1 Å². The van der Waals surface area contributed by atoms with Crippen LogP contribution in [0.2, 0.25) is 5.02 Å². The van der Waals surface area contributed by atoms with Gasteiger partial charge in [0.2, 0.25) is 5.91 Å². The summed E-state index contributed by atoms with van der Waals surface area (Å²) in [5.41, 5.74) is 6.35. The van der Waals surface area contributed by atoms with E-state index < -0.39 is 0 Å². The Hall–Kier alpha value is -1.17. The zero-order valence-corrected chi connectivity index (χ0v) is 13.9. The minimum Gasteiger partial charge on any atom is -0.368 e. The molecular weight excluding hydrogens is 317 g/mol. The second-order valence-corrected chi connectivity index (χ2v) is 6.95. The summed E-state index contributed by atoms with van der Waals surface area (Å²) in [4.78, 5) is 16.1. The van der Waals surface area contributed by atoms with Crippen molar-refractivity contribution < 1.29 is 9.18 Å².